The normalized spacial score (nSPS) is 15.3. The van der Waals surface area contributed by atoms with Gasteiger partial charge in [0.15, 0.2) is 0 Å². The van der Waals surface area contributed by atoms with Gasteiger partial charge in [0.2, 0.25) is 0 Å². The van der Waals surface area contributed by atoms with Gasteiger partial charge in [-0.1, -0.05) is 30.5 Å². The average Bonchev–Trinajstić information content (AvgIpc) is 2.92. The van der Waals surface area contributed by atoms with Crippen LogP contribution in [0.25, 0.3) is 0 Å². The van der Waals surface area contributed by atoms with E-state index in [0.29, 0.717) is 15.1 Å². The van der Waals surface area contributed by atoms with Crippen molar-refractivity contribution in [2.45, 2.75) is 31.7 Å². The minimum absolute atomic E-state index is 0.00588. The van der Waals surface area contributed by atoms with E-state index in [2.05, 4.69) is 15.9 Å². The molecule has 0 heterocycles. The van der Waals surface area contributed by atoms with Crippen LogP contribution in [0.4, 0.5) is 0 Å². The van der Waals surface area contributed by atoms with Gasteiger partial charge in [-0.3, -0.25) is 9.59 Å². The largest absolute Gasteiger partial charge is 0.480 e. The molecule has 0 aliphatic heterocycles. The summed E-state index contributed by atoms with van der Waals surface area (Å²) in [5.74, 6) is -1.32. The predicted octanol–water partition coefficient (Wildman–Crippen LogP) is 3.57. The summed E-state index contributed by atoms with van der Waals surface area (Å²) in [7, 11) is 0. The summed E-state index contributed by atoms with van der Waals surface area (Å²) < 4.78 is 0.631. The van der Waals surface area contributed by atoms with Gasteiger partial charge in [-0.2, -0.15) is 0 Å². The minimum atomic E-state index is -1.00. The Hall–Kier alpha value is -1.07. The van der Waals surface area contributed by atoms with Crippen molar-refractivity contribution >= 4 is 39.4 Å². The number of rotatable bonds is 4. The zero-order chi connectivity index (χ0) is 14.7. The Labute approximate surface area is 130 Å². The third kappa shape index (κ3) is 3.33. The van der Waals surface area contributed by atoms with Crippen LogP contribution in [0.15, 0.2) is 22.7 Å². The molecule has 0 aromatic heterocycles. The molecule has 1 aromatic carbocycles. The highest BCUT2D eigenvalue weighted by molar-refractivity contribution is 9.10. The lowest BCUT2D eigenvalue weighted by Crippen LogP contribution is -2.42. The Kier molecular flexibility index (Phi) is 5.05. The third-order valence-corrected chi connectivity index (χ3v) is 4.81. The van der Waals surface area contributed by atoms with Crippen molar-refractivity contribution in [3.8, 4) is 0 Å². The molecule has 0 unspecified atom stereocenters. The fourth-order valence-electron chi connectivity index (χ4n) is 2.55. The highest BCUT2D eigenvalue weighted by atomic mass is 79.9. The molecule has 0 bridgehead atoms. The molecule has 1 saturated carbocycles. The molecule has 0 radical (unpaired) electrons. The number of carboxylic acid groups (broad SMARTS) is 1. The van der Waals surface area contributed by atoms with Gasteiger partial charge in [0.05, 0.1) is 10.6 Å². The molecular weight excluding hydrogens is 346 g/mol. The average molecular weight is 361 g/mol. The van der Waals surface area contributed by atoms with E-state index in [1.54, 1.807) is 18.2 Å². The molecule has 0 atom stereocenters. The van der Waals surface area contributed by atoms with E-state index in [0.717, 1.165) is 25.7 Å². The molecule has 4 nitrogen and oxygen atoms in total. The van der Waals surface area contributed by atoms with Crippen LogP contribution in [0, 0.1) is 0 Å². The second kappa shape index (κ2) is 6.59. The first kappa shape index (κ1) is 15.3. The molecule has 1 aliphatic carbocycles. The highest BCUT2D eigenvalue weighted by Crippen LogP contribution is 2.30. The Bertz CT molecular complexity index is 529. The van der Waals surface area contributed by atoms with E-state index < -0.39 is 5.97 Å². The summed E-state index contributed by atoms with van der Waals surface area (Å²) in [4.78, 5) is 25.0. The summed E-state index contributed by atoms with van der Waals surface area (Å²) in [6.45, 7) is -0.285. The lowest BCUT2D eigenvalue weighted by molar-refractivity contribution is -0.138. The van der Waals surface area contributed by atoms with Crippen LogP contribution in [-0.2, 0) is 4.79 Å². The number of carboxylic acids is 1. The van der Waals surface area contributed by atoms with Crippen molar-refractivity contribution in [2.75, 3.05) is 6.54 Å². The van der Waals surface area contributed by atoms with Gasteiger partial charge in [-0.15, -0.1) is 0 Å². The minimum Gasteiger partial charge on any atom is -0.480 e. The second-order valence-electron chi connectivity index (χ2n) is 4.87. The fourth-order valence-corrected chi connectivity index (χ4v) is 3.13. The highest BCUT2D eigenvalue weighted by Gasteiger charge is 2.30. The van der Waals surface area contributed by atoms with Gasteiger partial charge < -0.3 is 10.0 Å². The van der Waals surface area contributed by atoms with Gasteiger partial charge >= 0.3 is 5.97 Å². The Morgan fingerprint density at radius 2 is 2.00 bits per heavy atom. The summed E-state index contributed by atoms with van der Waals surface area (Å²) >= 11 is 9.41. The number of benzene rings is 1. The number of carbonyl (C=O) groups is 2. The zero-order valence-electron chi connectivity index (χ0n) is 10.8. The number of aliphatic carboxylic acids is 1. The first-order chi connectivity index (χ1) is 9.50. The Balaban J connectivity index is 2.29. The van der Waals surface area contributed by atoms with Gasteiger partial charge in [-0.05, 0) is 40.9 Å². The van der Waals surface area contributed by atoms with Crippen molar-refractivity contribution in [1.29, 1.82) is 0 Å². The molecule has 0 spiro atoms. The molecule has 2 rings (SSSR count). The maximum absolute atomic E-state index is 12.6. The molecule has 6 heteroatoms. The Morgan fingerprint density at radius 1 is 1.35 bits per heavy atom. The topological polar surface area (TPSA) is 57.6 Å². The molecule has 1 aromatic rings. The molecule has 1 N–H and O–H groups in total. The van der Waals surface area contributed by atoms with Crippen LogP contribution in [-0.4, -0.2) is 34.5 Å². The van der Waals surface area contributed by atoms with E-state index in [1.165, 1.54) is 4.90 Å². The maximum Gasteiger partial charge on any atom is 0.323 e. The molecule has 1 fully saturated rings. The standard InChI is InChI=1S/C14H15BrClNO3/c15-11-7-3-6-10(13(11)16)14(20)17(8-12(18)19)9-4-1-2-5-9/h3,6-7,9H,1-2,4-5,8H2,(H,18,19). The number of hydrogen-bond acceptors (Lipinski definition) is 2. The van der Waals surface area contributed by atoms with E-state index in [-0.39, 0.29) is 18.5 Å². The van der Waals surface area contributed by atoms with E-state index in [4.69, 9.17) is 16.7 Å². The third-order valence-electron chi connectivity index (χ3n) is 3.51. The van der Waals surface area contributed by atoms with E-state index in [1.807, 2.05) is 0 Å². The Morgan fingerprint density at radius 3 is 2.60 bits per heavy atom. The van der Waals surface area contributed by atoms with Crippen molar-refractivity contribution < 1.29 is 14.7 Å². The molecule has 1 aliphatic rings. The predicted molar refractivity (Wildman–Crippen MR) is 80.1 cm³/mol. The smallest absolute Gasteiger partial charge is 0.323 e. The summed E-state index contributed by atoms with van der Waals surface area (Å²) in [6.07, 6.45) is 3.76. The maximum atomic E-state index is 12.6. The van der Waals surface area contributed by atoms with Crippen LogP contribution in [0.5, 0.6) is 0 Å². The van der Waals surface area contributed by atoms with Gasteiger partial charge in [0, 0.05) is 10.5 Å². The SMILES string of the molecule is O=C(O)CN(C(=O)c1cccc(Br)c1Cl)C1CCCC1. The van der Waals surface area contributed by atoms with E-state index >= 15 is 0 Å². The summed E-state index contributed by atoms with van der Waals surface area (Å²) in [6, 6.07) is 5.08. The molecule has 108 valence electrons. The van der Waals surface area contributed by atoms with Crippen molar-refractivity contribution in [3.05, 3.63) is 33.3 Å². The second-order valence-corrected chi connectivity index (χ2v) is 6.10. The van der Waals surface area contributed by atoms with Gasteiger partial charge in [-0.25, -0.2) is 0 Å². The van der Waals surface area contributed by atoms with Gasteiger partial charge in [0.25, 0.3) is 5.91 Å². The monoisotopic (exact) mass is 359 g/mol. The number of amides is 1. The number of halogens is 2. The quantitative estimate of drug-likeness (QED) is 0.893. The number of carbonyl (C=O) groups excluding carboxylic acids is 1. The van der Waals surface area contributed by atoms with Crippen LogP contribution >= 0.6 is 27.5 Å². The van der Waals surface area contributed by atoms with Crippen LogP contribution in [0.3, 0.4) is 0 Å². The summed E-state index contributed by atoms with van der Waals surface area (Å²) in [5, 5.41) is 9.35. The molecular formula is C14H15BrClNO3. The van der Waals surface area contributed by atoms with Crippen molar-refractivity contribution in [2.24, 2.45) is 0 Å². The van der Waals surface area contributed by atoms with Crippen LogP contribution in [0.2, 0.25) is 5.02 Å². The summed E-state index contributed by atoms with van der Waals surface area (Å²) in [5.41, 5.74) is 0.342. The van der Waals surface area contributed by atoms with Crippen LogP contribution in [0.1, 0.15) is 36.0 Å². The lowest BCUT2D eigenvalue weighted by atomic mass is 10.1. The lowest BCUT2D eigenvalue weighted by Gasteiger charge is -2.27. The van der Waals surface area contributed by atoms with Crippen molar-refractivity contribution in [3.63, 3.8) is 0 Å². The first-order valence-electron chi connectivity index (χ1n) is 6.47. The zero-order valence-corrected chi connectivity index (χ0v) is 13.2. The fraction of sp³-hybridized carbons (Fsp3) is 0.429. The number of nitrogens with zero attached hydrogens (tertiary/aromatic N) is 1. The molecule has 20 heavy (non-hydrogen) atoms. The first-order valence-corrected chi connectivity index (χ1v) is 7.64. The molecule has 0 saturated heterocycles. The van der Waals surface area contributed by atoms with Gasteiger partial charge in [0.1, 0.15) is 6.54 Å². The number of hydrogen-bond donors (Lipinski definition) is 1. The van der Waals surface area contributed by atoms with E-state index in [9.17, 15) is 9.59 Å². The van der Waals surface area contributed by atoms with Crippen molar-refractivity contribution in [1.82, 2.24) is 4.90 Å². The molecule has 1 amide bonds. The van der Waals surface area contributed by atoms with Crippen LogP contribution < -0.4 is 0 Å².